The quantitative estimate of drug-likeness (QED) is 0.784. The van der Waals surface area contributed by atoms with Crippen molar-refractivity contribution in [3.05, 3.63) is 57.2 Å². The highest BCUT2D eigenvalue weighted by Gasteiger charge is 2.17. The highest BCUT2D eigenvalue weighted by atomic mass is 32.1. The molecule has 3 rings (SSSR count). The third kappa shape index (κ3) is 2.24. The van der Waals surface area contributed by atoms with E-state index in [1.54, 1.807) is 26.8 Å². The normalized spacial score (nSPS) is 12.7. The van der Waals surface area contributed by atoms with Crippen molar-refractivity contribution < 1.29 is 0 Å². The maximum Gasteiger partial charge on any atom is 0.343 e. The van der Waals surface area contributed by atoms with Gasteiger partial charge in [0.1, 0.15) is 6.04 Å². The topological polar surface area (TPSA) is 68.5 Å². The monoisotopic (exact) mass is 275 g/mol. The molecule has 0 radical (unpaired) electrons. The largest absolute Gasteiger partial charge is 0.343 e. The van der Waals surface area contributed by atoms with Gasteiger partial charge in [-0.1, -0.05) is 6.07 Å². The molecule has 19 heavy (non-hydrogen) atoms. The van der Waals surface area contributed by atoms with Gasteiger partial charge in [0.2, 0.25) is 0 Å². The van der Waals surface area contributed by atoms with Crippen LogP contribution in [0.1, 0.15) is 23.7 Å². The van der Waals surface area contributed by atoms with Crippen molar-refractivity contribution >= 4 is 11.3 Å². The van der Waals surface area contributed by atoms with Crippen LogP contribution in [-0.4, -0.2) is 24.5 Å². The second-order valence-corrected chi connectivity index (χ2v) is 5.25. The maximum absolute atomic E-state index is 11.9. The Kier molecular flexibility index (Phi) is 3.04. The van der Waals surface area contributed by atoms with E-state index in [1.807, 2.05) is 36.7 Å². The van der Waals surface area contributed by atoms with Crippen molar-refractivity contribution in [2.75, 3.05) is 0 Å². The summed E-state index contributed by atoms with van der Waals surface area (Å²) in [5.41, 5.74) is -0.192. The molecular formula is C12H13N5OS. The summed E-state index contributed by atoms with van der Waals surface area (Å²) in [6.45, 7) is 2.50. The maximum atomic E-state index is 11.9. The van der Waals surface area contributed by atoms with Gasteiger partial charge in [0.15, 0.2) is 5.82 Å². The average Bonchev–Trinajstić information content (AvgIpc) is 3.13. The zero-order valence-corrected chi connectivity index (χ0v) is 11.2. The molecular weight excluding hydrogens is 262 g/mol. The lowest BCUT2D eigenvalue weighted by atomic mass is 10.3. The first-order valence-electron chi connectivity index (χ1n) is 5.92. The Morgan fingerprint density at radius 2 is 2.37 bits per heavy atom. The Bertz CT molecular complexity index is 695. The fraction of sp³-hybridized carbons (Fsp3) is 0.250. The molecule has 0 aromatic carbocycles. The summed E-state index contributed by atoms with van der Waals surface area (Å²) in [7, 11) is 0. The van der Waals surface area contributed by atoms with E-state index in [-0.39, 0.29) is 11.7 Å². The van der Waals surface area contributed by atoms with Crippen molar-refractivity contribution in [2.24, 2.45) is 0 Å². The van der Waals surface area contributed by atoms with Crippen molar-refractivity contribution in [1.82, 2.24) is 24.5 Å². The summed E-state index contributed by atoms with van der Waals surface area (Å²) >= 11 is 1.62. The third-order valence-electron chi connectivity index (χ3n) is 2.98. The molecule has 7 heteroatoms. The molecule has 0 unspecified atom stereocenters. The van der Waals surface area contributed by atoms with Crippen LogP contribution in [0.2, 0.25) is 0 Å². The van der Waals surface area contributed by atoms with Crippen LogP contribution < -0.4 is 5.69 Å². The molecule has 0 fully saturated rings. The van der Waals surface area contributed by atoms with E-state index >= 15 is 0 Å². The number of H-pyrrole nitrogens is 1. The van der Waals surface area contributed by atoms with Gasteiger partial charge >= 0.3 is 5.69 Å². The third-order valence-corrected chi connectivity index (χ3v) is 3.84. The number of nitrogens with zero attached hydrogens (tertiary/aromatic N) is 4. The van der Waals surface area contributed by atoms with E-state index < -0.39 is 0 Å². The highest BCUT2D eigenvalue weighted by molar-refractivity contribution is 7.09. The molecule has 0 amide bonds. The Morgan fingerprint density at radius 1 is 1.47 bits per heavy atom. The van der Waals surface area contributed by atoms with Crippen molar-refractivity contribution in [3.8, 4) is 0 Å². The minimum Gasteiger partial charge on any atom is -0.272 e. The number of rotatable bonds is 4. The van der Waals surface area contributed by atoms with Gasteiger partial charge in [0.25, 0.3) is 0 Å². The molecule has 3 heterocycles. The average molecular weight is 275 g/mol. The summed E-state index contributed by atoms with van der Waals surface area (Å²) in [5.74, 6) is 0.683. The Balaban J connectivity index is 1.96. The van der Waals surface area contributed by atoms with Crippen molar-refractivity contribution in [1.29, 1.82) is 0 Å². The van der Waals surface area contributed by atoms with Gasteiger partial charge in [-0.3, -0.25) is 9.25 Å². The van der Waals surface area contributed by atoms with Crippen molar-refractivity contribution in [3.63, 3.8) is 0 Å². The van der Waals surface area contributed by atoms with Crippen LogP contribution in [0.5, 0.6) is 0 Å². The van der Waals surface area contributed by atoms with Crippen LogP contribution in [0.25, 0.3) is 0 Å². The lowest BCUT2D eigenvalue weighted by molar-refractivity contribution is 0.510. The minimum absolute atomic E-state index is 0.0890. The molecule has 3 aromatic rings. The van der Waals surface area contributed by atoms with Gasteiger partial charge in [-0.05, 0) is 24.4 Å². The summed E-state index contributed by atoms with van der Waals surface area (Å²) in [4.78, 5) is 13.0. The van der Waals surface area contributed by atoms with Gasteiger partial charge in [-0.25, -0.2) is 9.89 Å². The second kappa shape index (κ2) is 4.85. The smallest absolute Gasteiger partial charge is 0.272 e. The molecule has 1 N–H and O–H groups in total. The van der Waals surface area contributed by atoms with Gasteiger partial charge < -0.3 is 0 Å². The number of aromatic amines is 1. The van der Waals surface area contributed by atoms with Crippen LogP contribution in [0.15, 0.2) is 40.8 Å². The van der Waals surface area contributed by atoms with E-state index in [9.17, 15) is 4.79 Å². The van der Waals surface area contributed by atoms with Crippen molar-refractivity contribution in [2.45, 2.75) is 19.5 Å². The highest BCUT2D eigenvalue weighted by Crippen LogP contribution is 2.15. The zero-order chi connectivity index (χ0) is 13.2. The first-order chi connectivity index (χ1) is 9.25. The lowest BCUT2D eigenvalue weighted by Gasteiger charge is -2.12. The number of aromatic nitrogens is 5. The Labute approximate surface area is 113 Å². The Hall–Kier alpha value is -2.15. The molecule has 0 saturated carbocycles. The molecule has 0 saturated heterocycles. The summed E-state index contributed by atoms with van der Waals surface area (Å²) in [6.07, 6.45) is 3.57. The standard InChI is InChI=1S/C12H13N5OS/c1-9(17-6-3-5-13-17)11-14-15-12(18)16(11)8-10-4-2-7-19-10/h2-7,9H,8H2,1H3,(H,15,18)/t9-/m0/s1. The first-order valence-corrected chi connectivity index (χ1v) is 6.80. The molecule has 6 nitrogen and oxygen atoms in total. The van der Waals surface area contributed by atoms with Crippen LogP contribution in [0.4, 0.5) is 0 Å². The van der Waals surface area contributed by atoms with Gasteiger partial charge in [-0.2, -0.15) is 10.2 Å². The fourth-order valence-corrected chi connectivity index (χ4v) is 2.68. The number of hydrogen-bond donors (Lipinski definition) is 1. The van der Waals surface area contributed by atoms with Crippen LogP contribution >= 0.6 is 11.3 Å². The van der Waals surface area contributed by atoms with Crippen LogP contribution in [0.3, 0.4) is 0 Å². The van der Waals surface area contributed by atoms with E-state index in [4.69, 9.17) is 0 Å². The molecule has 0 aliphatic heterocycles. The summed E-state index contributed by atoms with van der Waals surface area (Å²) in [6, 6.07) is 5.74. The first kappa shape index (κ1) is 11.9. The lowest BCUT2D eigenvalue weighted by Crippen LogP contribution is -2.22. The Morgan fingerprint density at radius 3 is 3.05 bits per heavy atom. The second-order valence-electron chi connectivity index (χ2n) is 4.21. The minimum atomic E-state index is -0.192. The van der Waals surface area contributed by atoms with E-state index in [0.29, 0.717) is 12.4 Å². The predicted octanol–water partition coefficient (Wildman–Crippen LogP) is 1.49. The molecule has 0 aliphatic rings. The van der Waals surface area contributed by atoms with E-state index in [0.717, 1.165) is 4.88 Å². The predicted molar refractivity (Wildman–Crippen MR) is 72.3 cm³/mol. The van der Waals surface area contributed by atoms with E-state index in [2.05, 4.69) is 15.3 Å². The summed E-state index contributed by atoms with van der Waals surface area (Å²) < 4.78 is 3.43. The molecule has 3 aromatic heterocycles. The molecule has 0 aliphatic carbocycles. The summed E-state index contributed by atoms with van der Waals surface area (Å²) in [5, 5.41) is 12.8. The van der Waals surface area contributed by atoms with Crippen LogP contribution in [-0.2, 0) is 6.54 Å². The number of thiophene rings is 1. The molecule has 0 spiro atoms. The zero-order valence-electron chi connectivity index (χ0n) is 10.4. The van der Waals surface area contributed by atoms with Crippen LogP contribution in [0, 0.1) is 0 Å². The molecule has 98 valence electrons. The molecule has 1 atom stereocenters. The molecule has 0 bridgehead atoms. The van der Waals surface area contributed by atoms with Gasteiger partial charge in [0, 0.05) is 17.3 Å². The number of nitrogens with one attached hydrogen (secondary N) is 1. The number of hydrogen-bond acceptors (Lipinski definition) is 4. The fourth-order valence-electron chi connectivity index (χ4n) is 1.99. The SMILES string of the molecule is C[C@@H](c1n[nH]c(=O)n1Cc1cccs1)n1cccn1. The van der Waals surface area contributed by atoms with Gasteiger partial charge in [-0.15, -0.1) is 11.3 Å². The van der Waals surface area contributed by atoms with E-state index in [1.165, 1.54) is 0 Å². The van der Waals surface area contributed by atoms with Gasteiger partial charge in [0.05, 0.1) is 6.54 Å².